The van der Waals surface area contributed by atoms with E-state index in [1.807, 2.05) is 12.3 Å². The monoisotopic (exact) mass is 334 g/mol. The minimum absolute atomic E-state index is 0.225. The maximum atomic E-state index is 13.6. The zero-order valence-corrected chi connectivity index (χ0v) is 12.0. The van der Waals surface area contributed by atoms with Crippen molar-refractivity contribution in [3.63, 3.8) is 0 Å². The standard InChI is InChI=1S/C12H9BrClFOS/c1-6-5-17-12(10(6)14)11(16)8-4-7(13)2-3-9(8)15/h2-5,11,16H,1H3. The minimum atomic E-state index is -1.03. The Bertz CT molecular complexity index is 555. The van der Waals surface area contributed by atoms with Crippen LogP contribution in [0.25, 0.3) is 0 Å². The molecule has 0 bridgehead atoms. The zero-order valence-electron chi connectivity index (χ0n) is 8.88. The Morgan fingerprint density at radius 2 is 2.18 bits per heavy atom. The molecule has 17 heavy (non-hydrogen) atoms. The van der Waals surface area contributed by atoms with Crippen LogP contribution < -0.4 is 0 Å². The molecule has 0 fully saturated rings. The molecule has 1 N–H and O–H groups in total. The summed E-state index contributed by atoms with van der Waals surface area (Å²) in [7, 11) is 0. The van der Waals surface area contributed by atoms with Crippen LogP contribution in [-0.4, -0.2) is 5.11 Å². The normalized spacial score (nSPS) is 12.8. The molecule has 0 radical (unpaired) electrons. The predicted molar refractivity (Wildman–Crippen MR) is 72.2 cm³/mol. The van der Waals surface area contributed by atoms with E-state index in [9.17, 15) is 9.50 Å². The van der Waals surface area contributed by atoms with E-state index in [0.29, 0.717) is 9.90 Å². The van der Waals surface area contributed by atoms with E-state index in [2.05, 4.69) is 15.9 Å². The molecule has 0 amide bonds. The topological polar surface area (TPSA) is 20.2 Å². The van der Waals surface area contributed by atoms with Crippen molar-refractivity contribution in [2.24, 2.45) is 0 Å². The van der Waals surface area contributed by atoms with E-state index in [4.69, 9.17) is 11.6 Å². The van der Waals surface area contributed by atoms with Crippen molar-refractivity contribution in [1.82, 2.24) is 0 Å². The Hall–Kier alpha value is -0.420. The summed E-state index contributed by atoms with van der Waals surface area (Å²) in [5, 5.41) is 12.5. The highest BCUT2D eigenvalue weighted by Gasteiger charge is 2.20. The van der Waals surface area contributed by atoms with Crippen molar-refractivity contribution in [2.75, 3.05) is 0 Å². The molecule has 2 aromatic rings. The maximum Gasteiger partial charge on any atom is 0.129 e. The summed E-state index contributed by atoms with van der Waals surface area (Å²) in [6, 6.07) is 4.47. The van der Waals surface area contributed by atoms with E-state index in [0.717, 1.165) is 10.0 Å². The van der Waals surface area contributed by atoms with Crippen molar-refractivity contribution in [3.05, 3.63) is 54.9 Å². The molecule has 0 saturated heterocycles. The second-order valence-electron chi connectivity index (χ2n) is 3.67. The maximum absolute atomic E-state index is 13.6. The van der Waals surface area contributed by atoms with Crippen molar-refractivity contribution in [3.8, 4) is 0 Å². The predicted octanol–water partition coefficient (Wildman–Crippen LogP) is 4.69. The highest BCUT2D eigenvalue weighted by atomic mass is 79.9. The van der Waals surface area contributed by atoms with Gasteiger partial charge in [0, 0.05) is 10.0 Å². The van der Waals surface area contributed by atoms with Gasteiger partial charge in [0.15, 0.2) is 0 Å². The van der Waals surface area contributed by atoms with E-state index in [1.165, 1.54) is 17.4 Å². The number of hydrogen-bond acceptors (Lipinski definition) is 2. The van der Waals surface area contributed by atoms with E-state index < -0.39 is 11.9 Å². The van der Waals surface area contributed by atoms with Crippen LogP contribution in [0.5, 0.6) is 0 Å². The van der Waals surface area contributed by atoms with E-state index in [1.54, 1.807) is 12.1 Å². The molecule has 2 rings (SSSR count). The molecule has 90 valence electrons. The van der Waals surface area contributed by atoms with Gasteiger partial charge < -0.3 is 5.11 Å². The third-order valence-corrected chi connectivity index (χ3v) is 4.69. The molecule has 1 heterocycles. The number of benzene rings is 1. The molecule has 0 aliphatic heterocycles. The number of aryl methyl sites for hydroxylation is 1. The summed E-state index contributed by atoms with van der Waals surface area (Å²) in [6.07, 6.45) is -1.03. The van der Waals surface area contributed by atoms with Crippen LogP contribution in [-0.2, 0) is 0 Å². The number of rotatable bonds is 2. The summed E-state index contributed by atoms with van der Waals surface area (Å²) in [6.45, 7) is 1.85. The fraction of sp³-hybridized carbons (Fsp3) is 0.167. The number of aliphatic hydroxyl groups is 1. The first-order chi connectivity index (χ1) is 8.00. The third kappa shape index (κ3) is 2.55. The van der Waals surface area contributed by atoms with Crippen LogP contribution in [0.15, 0.2) is 28.1 Å². The van der Waals surface area contributed by atoms with Crippen molar-refractivity contribution in [1.29, 1.82) is 0 Å². The summed E-state index contributed by atoms with van der Waals surface area (Å²) in [5.74, 6) is -0.442. The number of thiophene rings is 1. The fourth-order valence-electron chi connectivity index (χ4n) is 1.50. The van der Waals surface area contributed by atoms with Gasteiger partial charge in [-0.2, -0.15) is 0 Å². The van der Waals surface area contributed by atoms with Gasteiger partial charge in [-0.25, -0.2) is 4.39 Å². The Labute approximate surface area is 116 Å². The first kappa shape index (κ1) is 13.0. The van der Waals surface area contributed by atoms with Crippen LogP contribution >= 0.6 is 38.9 Å². The summed E-state index contributed by atoms with van der Waals surface area (Å²) >= 11 is 10.6. The van der Waals surface area contributed by atoms with Crippen LogP contribution in [0.2, 0.25) is 5.02 Å². The van der Waals surface area contributed by atoms with Crippen molar-refractivity contribution < 1.29 is 9.50 Å². The van der Waals surface area contributed by atoms with Crippen LogP contribution in [0, 0.1) is 12.7 Å². The molecule has 1 aromatic heterocycles. The molecule has 0 saturated carbocycles. The molecule has 1 unspecified atom stereocenters. The zero-order chi connectivity index (χ0) is 12.6. The average molecular weight is 336 g/mol. The lowest BCUT2D eigenvalue weighted by Crippen LogP contribution is -2.01. The van der Waals surface area contributed by atoms with Gasteiger partial charge in [0.1, 0.15) is 11.9 Å². The first-order valence-electron chi connectivity index (χ1n) is 4.87. The average Bonchev–Trinajstić information content (AvgIpc) is 2.62. The lowest BCUT2D eigenvalue weighted by atomic mass is 10.1. The number of halogens is 3. The quantitative estimate of drug-likeness (QED) is 0.844. The second-order valence-corrected chi connectivity index (χ2v) is 5.87. The van der Waals surface area contributed by atoms with Crippen molar-refractivity contribution >= 4 is 38.9 Å². The van der Waals surface area contributed by atoms with Gasteiger partial charge in [-0.05, 0) is 36.1 Å². The van der Waals surface area contributed by atoms with Gasteiger partial charge in [-0.15, -0.1) is 11.3 Å². The molecule has 5 heteroatoms. The van der Waals surface area contributed by atoms with Gasteiger partial charge in [0.25, 0.3) is 0 Å². The second kappa shape index (κ2) is 5.06. The molecular weight excluding hydrogens is 327 g/mol. The highest BCUT2D eigenvalue weighted by molar-refractivity contribution is 9.10. The molecule has 1 nitrogen and oxygen atoms in total. The van der Waals surface area contributed by atoms with E-state index >= 15 is 0 Å². The minimum Gasteiger partial charge on any atom is -0.383 e. The third-order valence-electron chi connectivity index (χ3n) is 2.43. The molecule has 0 aliphatic carbocycles. The van der Waals surface area contributed by atoms with Gasteiger partial charge in [0.2, 0.25) is 0 Å². The molecular formula is C12H9BrClFOS. The van der Waals surface area contributed by atoms with Crippen LogP contribution in [0.4, 0.5) is 4.39 Å². The largest absolute Gasteiger partial charge is 0.383 e. The summed E-state index contributed by atoms with van der Waals surface area (Å²) in [5.41, 5.74) is 1.12. The van der Waals surface area contributed by atoms with Crippen molar-refractivity contribution in [2.45, 2.75) is 13.0 Å². The van der Waals surface area contributed by atoms with Gasteiger partial charge in [-0.3, -0.25) is 0 Å². The first-order valence-corrected chi connectivity index (χ1v) is 6.92. The lowest BCUT2D eigenvalue weighted by Gasteiger charge is -2.11. The summed E-state index contributed by atoms with van der Waals surface area (Å²) < 4.78 is 14.3. The van der Waals surface area contributed by atoms with Gasteiger partial charge in [0.05, 0.1) is 9.90 Å². The Kier molecular flexibility index (Phi) is 3.88. The Morgan fingerprint density at radius 3 is 2.76 bits per heavy atom. The lowest BCUT2D eigenvalue weighted by molar-refractivity contribution is 0.218. The summed E-state index contributed by atoms with van der Waals surface area (Å²) in [4.78, 5) is 0.571. The van der Waals surface area contributed by atoms with Gasteiger partial charge >= 0.3 is 0 Å². The number of hydrogen-bond donors (Lipinski definition) is 1. The highest BCUT2D eigenvalue weighted by Crippen LogP contribution is 2.37. The Balaban J connectivity index is 2.47. The van der Waals surface area contributed by atoms with Gasteiger partial charge in [-0.1, -0.05) is 27.5 Å². The van der Waals surface area contributed by atoms with E-state index in [-0.39, 0.29) is 5.56 Å². The molecule has 0 spiro atoms. The SMILES string of the molecule is Cc1csc(C(O)c2cc(Br)ccc2F)c1Cl. The van der Waals surface area contributed by atoms with Crippen LogP contribution in [0.3, 0.4) is 0 Å². The Morgan fingerprint density at radius 1 is 1.47 bits per heavy atom. The smallest absolute Gasteiger partial charge is 0.129 e. The fourth-order valence-corrected chi connectivity index (χ4v) is 3.18. The van der Waals surface area contributed by atoms with Crippen LogP contribution in [0.1, 0.15) is 22.1 Å². The molecule has 0 aliphatic rings. The number of aliphatic hydroxyl groups excluding tert-OH is 1. The molecule has 1 atom stereocenters. The molecule has 1 aromatic carbocycles.